The Kier molecular flexibility index (Phi) is 7.06. The van der Waals surface area contributed by atoms with E-state index in [2.05, 4.69) is 40.5 Å². The number of carbonyl (C=O) groups excluding carboxylic acids is 1. The molecule has 1 saturated carbocycles. The van der Waals surface area contributed by atoms with E-state index in [4.69, 9.17) is 4.74 Å². The summed E-state index contributed by atoms with van der Waals surface area (Å²) in [6.45, 7) is 3.41. The summed E-state index contributed by atoms with van der Waals surface area (Å²) in [5, 5.41) is 3.35. The number of amides is 1. The highest BCUT2D eigenvalue weighted by Gasteiger charge is 2.30. The average molecular weight is 407 g/mol. The second kappa shape index (κ2) is 10.1. The first-order valence-electron chi connectivity index (χ1n) is 11.4. The van der Waals surface area contributed by atoms with Gasteiger partial charge in [0.05, 0.1) is 7.11 Å². The molecule has 0 bridgehead atoms. The summed E-state index contributed by atoms with van der Waals surface area (Å²) in [5.41, 5.74) is 2.18. The minimum Gasteiger partial charge on any atom is -0.497 e. The average Bonchev–Trinajstić information content (AvgIpc) is 2.81. The molecule has 4 heteroatoms. The van der Waals surface area contributed by atoms with E-state index in [-0.39, 0.29) is 11.9 Å². The Bertz CT molecular complexity index is 806. The number of methoxy groups -OCH3 is 1. The minimum absolute atomic E-state index is 0.0374. The SMILES string of the molecule is COc1ccc(C(=O)NC2CCCC[C@H]2CN2CCCC(c3ccccc3)C2)cc1. The number of carbonyl (C=O) groups is 1. The van der Waals surface area contributed by atoms with Crippen LogP contribution in [0, 0.1) is 5.92 Å². The minimum atomic E-state index is 0.0374. The van der Waals surface area contributed by atoms with Crippen LogP contribution in [0.2, 0.25) is 0 Å². The predicted molar refractivity (Wildman–Crippen MR) is 121 cm³/mol. The molecule has 0 radical (unpaired) electrons. The van der Waals surface area contributed by atoms with Crippen molar-refractivity contribution >= 4 is 5.91 Å². The Morgan fingerprint density at radius 2 is 1.77 bits per heavy atom. The van der Waals surface area contributed by atoms with Crippen molar-refractivity contribution in [3.63, 3.8) is 0 Å². The van der Waals surface area contributed by atoms with Gasteiger partial charge in [-0.1, -0.05) is 43.2 Å². The lowest BCUT2D eigenvalue weighted by atomic mass is 9.83. The lowest BCUT2D eigenvalue weighted by Crippen LogP contribution is -2.48. The number of likely N-dealkylation sites (tertiary alicyclic amines) is 1. The molecule has 1 heterocycles. The van der Waals surface area contributed by atoms with Crippen molar-refractivity contribution in [1.29, 1.82) is 0 Å². The number of nitrogens with zero attached hydrogens (tertiary/aromatic N) is 1. The molecular weight excluding hydrogens is 372 g/mol. The number of hydrogen-bond acceptors (Lipinski definition) is 3. The van der Waals surface area contributed by atoms with Gasteiger partial charge in [0.2, 0.25) is 0 Å². The Balaban J connectivity index is 1.36. The van der Waals surface area contributed by atoms with Crippen LogP contribution in [0.5, 0.6) is 5.75 Å². The second-order valence-corrected chi connectivity index (χ2v) is 8.86. The molecule has 0 aromatic heterocycles. The lowest BCUT2D eigenvalue weighted by Gasteiger charge is -2.39. The van der Waals surface area contributed by atoms with E-state index in [9.17, 15) is 4.79 Å². The lowest BCUT2D eigenvalue weighted by molar-refractivity contribution is 0.0872. The first-order valence-corrected chi connectivity index (χ1v) is 11.4. The molecule has 30 heavy (non-hydrogen) atoms. The second-order valence-electron chi connectivity index (χ2n) is 8.86. The van der Waals surface area contributed by atoms with Crippen LogP contribution in [0.15, 0.2) is 54.6 Å². The van der Waals surface area contributed by atoms with Gasteiger partial charge in [-0.2, -0.15) is 0 Å². The topological polar surface area (TPSA) is 41.6 Å². The Hall–Kier alpha value is -2.33. The molecule has 4 nitrogen and oxygen atoms in total. The molecule has 1 amide bonds. The standard InChI is InChI=1S/C26H34N2O2/c1-30-24-15-13-21(14-16-24)26(29)27-25-12-6-5-10-23(25)19-28-17-7-11-22(18-28)20-8-3-2-4-9-20/h2-4,8-9,13-16,22-23,25H,5-7,10-12,17-19H2,1H3,(H,27,29)/t22?,23-,25?/m0/s1. The Morgan fingerprint density at radius 3 is 2.53 bits per heavy atom. The van der Waals surface area contributed by atoms with Gasteiger partial charge in [-0.25, -0.2) is 0 Å². The molecule has 2 aromatic carbocycles. The van der Waals surface area contributed by atoms with Gasteiger partial charge >= 0.3 is 0 Å². The molecule has 2 aromatic rings. The van der Waals surface area contributed by atoms with Gasteiger partial charge in [-0.3, -0.25) is 4.79 Å². The van der Waals surface area contributed by atoms with Crippen LogP contribution in [0.1, 0.15) is 60.4 Å². The molecule has 1 N–H and O–H groups in total. The number of ether oxygens (including phenoxy) is 1. The third-order valence-electron chi connectivity index (χ3n) is 6.85. The summed E-state index contributed by atoms with van der Waals surface area (Å²) in [7, 11) is 1.64. The summed E-state index contributed by atoms with van der Waals surface area (Å²) >= 11 is 0. The Morgan fingerprint density at radius 1 is 1.00 bits per heavy atom. The van der Waals surface area contributed by atoms with Crippen molar-refractivity contribution in [2.24, 2.45) is 5.92 Å². The molecular formula is C26H34N2O2. The highest BCUT2D eigenvalue weighted by atomic mass is 16.5. The zero-order valence-corrected chi connectivity index (χ0v) is 18.1. The maximum absolute atomic E-state index is 12.8. The van der Waals surface area contributed by atoms with Crippen molar-refractivity contribution in [3.8, 4) is 5.75 Å². The van der Waals surface area contributed by atoms with Gasteiger partial charge in [0.1, 0.15) is 5.75 Å². The maximum atomic E-state index is 12.8. The molecule has 4 rings (SSSR count). The molecule has 1 aliphatic carbocycles. The number of benzene rings is 2. The van der Waals surface area contributed by atoms with Crippen LogP contribution < -0.4 is 10.1 Å². The highest BCUT2D eigenvalue weighted by Crippen LogP contribution is 2.30. The zero-order chi connectivity index (χ0) is 20.8. The fourth-order valence-electron chi connectivity index (χ4n) is 5.16. The van der Waals surface area contributed by atoms with Crippen molar-refractivity contribution in [2.45, 2.75) is 50.5 Å². The first kappa shape index (κ1) is 20.9. The van der Waals surface area contributed by atoms with Crippen LogP contribution in [0.25, 0.3) is 0 Å². The largest absolute Gasteiger partial charge is 0.497 e. The summed E-state index contributed by atoms with van der Waals surface area (Å²) in [5.74, 6) is 1.99. The van der Waals surface area contributed by atoms with Crippen molar-refractivity contribution in [1.82, 2.24) is 10.2 Å². The maximum Gasteiger partial charge on any atom is 0.251 e. The predicted octanol–water partition coefficient (Wildman–Crippen LogP) is 4.86. The number of rotatable bonds is 6. The van der Waals surface area contributed by atoms with Crippen LogP contribution >= 0.6 is 0 Å². The van der Waals surface area contributed by atoms with E-state index in [0.29, 0.717) is 17.4 Å². The van der Waals surface area contributed by atoms with Crippen molar-refractivity contribution < 1.29 is 9.53 Å². The summed E-state index contributed by atoms with van der Waals surface area (Å²) < 4.78 is 5.20. The van der Waals surface area contributed by atoms with Crippen molar-refractivity contribution in [3.05, 3.63) is 65.7 Å². The first-order chi connectivity index (χ1) is 14.7. The molecule has 1 aliphatic heterocycles. The molecule has 160 valence electrons. The van der Waals surface area contributed by atoms with E-state index in [1.54, 1.807) is 7.11 Å². The fourth-order valence-corrected chi connectivity index (χ4v) is 5.16. The number of piperidine rings is 1. The smallest absolute Gasteiger partial charge is 0.251 e. The van der Waals surface area contributed by atoms with Gasteiger partial charge in [-0.15, -0.1) is 0 Å². The Labute approximate surface area is 180 Å². The van der Waals surface area contributed by atoms with Crippen molar-refractivity contribution in [2.75, 3.05) is 26.7 Å². The quantitative estimate of drug-likeness (QED) is 0.745. The monoisotopic (exact) mass is 406 g/mol. The van der Waals surface area contributed by atoms with Gasteiger partial charge in [0.15, 0.2) is 0 Å². The summed E-state index contributed by atoms with van der Waals surface area (Å²) in [4.78, 5) is 15.5. The van der Waals surface area contributed by atoms with E-state index < -0.39 is 0 Å². The third kappa shape index (κ3) is 5.23. The van der Waals surface area contributed by atoms with Crippen LogP contribution in [-0.4, -0.2) is 43.6 Å². The molecule has 3 atom stereocenters. The number of hydrogen-bond donors (Lipinski definition) is 1. The zero-order valence-electron chi connectivity index (χ0n) is 18.1. The highest BCUT2D eigenvalue weighted by molar-refractivity contribution is 5.94. The summed E-state index contributed by atoms with van der Waals surface area (Å²) in [6, 6.07) is 18.6. The summed E-state index contributed by atoms with van der Waals surface area (Å²) in [6.07, 6.45) is 7.31. The fraction of sp³-hybridized carbons (Fsp3) is 0.500. The molecule has 2 aliphatic rings. The number of nitrogens with one attached hydrogen (secondary N) is 1. The van der Waals surface area contributed by atoms with Gasteiger partial charge in [-0.05, 0) is 73.9 Å². The molecule has 1 saturated heterocycles. The van der Waals surface area contributed by atoms with E-state index >= 15 is 0 Å². The molecule has 2 fully saturated rings. The van der Waals surface area contributed by atoms with E-state index in [0.717, 1.165) is 25.3 Å². The molecule has 0 spiro atoms. The van der Waals surface area contributed by atoms with Crippen LogP contribution in [0.3, 0.4) is 0 Å². The molecule has 2 unspecified atom stereocenters. The third-order valence-corrected chi connectivity index (χ3v) is 6.85. The van der Waals surface area contributed by atoms with Crippen LogP contribution in [-0.2, 0) is 0 Å². The van der Waals surface area contributed by atoms with E-state index in [1.807, 2.05) is 24.3 Å². The van der Waals surface area contributed by atoms with Gasteiger partial charge < -0.3 is 15.0 Å². The van der Waals surface area contributed by atoms with Gasteiger partial charge in [0.25, 0.3) is 5.91 Å². The van der Waals surface area contributed by atoms with Crippen LogP contribution in [0.4, 0.5) is 0 Å². The van der Waals surface area contributed by atoms with E-state index in [1.165, 1.54) is 44.2 Å². The normalized spacial score (nSPS) is 24.9. The van der Waals surface area contributed by atoms with Gasteiger partial charge in [0, 0.05) is 24.7 Å².